The Kier molecular flexibility index (Phi) is 4.69. The maximum absolute atomic E-state index is 12.2. The molecule has 0 aliphatic carbocycles. The van der Waals surface area contributed by atoms with Crippen LogP contribution in [0.5, 0.6) is 0 Å². The van der Waals surface area contributed by atoms with Gasteiger partial charge in [-0.05, 0) is 26.8 Å². The third kappa shape index (κ3) is 3.30. The molecule has 1 aromatic rings. The van der Waals surface area contributed by atoms with Gasteiger partial charge in [-0.2, -0.15) is 0 Å². The van der Waals surface area contributed by atoms with Gasteiger partial charge in [-0.3, -0.25) is 9.59 Å². The summed E-state index contributed by atoms with van der Waals surface area (Å²) in [7, 11) is 1.32. The molecule has 0 radical (unpaired) electrons. The van der Waals surface area contributed by atoms with Crippen molar-refractivity contribution in [3.8, 4) is 0 Å². The van der Waals surface area contributed by atoms with Crippen LogP contribution in [0.3, 0.4) is 0 Å². The second-order valence-corrected chi connectivity index (χ2v) is 5.18. The lowest BCUT2D eigenvalue weighted by Crippen LogP contribution is -2.36. The van der Waals surface area contributed by atoms with Crippen LogP contribution in [-0.2, 0) is 9.53 Å². The van der Waals surface area contributed by atoms with Crippen LogP contribution in [-0.4, -0.2) is 37.0 Å². The monoisotopic (exact) mass is 255 g/mol. The van der Waals surface area contributed by atoms with Gasteiger partial charge in [0.05, 0.1) is 12.7 Å². The highest BCUT2D eigenvalue weighted by atomic mass is 32.1. The minimum atomic E-state index is -0.398. The molecule has 0 fully saturated rings. The van der Waals surface area contributed by atoms with E-state index in [4.69, 9.17) is 0 Å². The summed E-state index contributed by atoms with van der Waals surface area (Å²) in [6.07, 6.45) is 0. The zero-order chi connectivity index (χ0) is 13.0. The molecule has 0 aliphatic heterocycles. The number of methoxy groups -OCH3 is 1. The summed E-state index contributed by atoms with van der Waals surface area (Å²) in [4.78, 5) is 26.9. The predicted molar refractivity (Wildman–Crippen MR) is 67.4 cm³/mol. The largest absolute Gasteiger partial charge is 0.468 e. The van der Waals surface area contributed by atoms with Crippen LogP contribution in [0.1, 0.15) is 27.0 Å². The molecular formula is C12H17NO3S. The van der Waals surface area contributed by atoms with E-state index in [1.807, 2.05) is 26.8 Å². The molecule has 94 valence electrons. The number of hydrogen-bond donors (Lipinski definition) is 0. The molecule has 0 atom stereocenters. The van der Waals surface area contributed by atoms with Gasteiger partial charge in [0.2, 0.25) is 0 Å². The van der Waals surface area contributed by atoms with Gasteiger partial charge in [0.25, 0.3) is 5.91 Å². The van der Waals surface area contributed by atoms with E-state index in [-0.39, 0.29) is 12.5 Å². The van der Waals surface area contributed by atoms with Gasteiger partial charge in [-0.15, -0.1) is 11.3 Å². The summed E-state index contributed by atoms with van der Waals surface area (Å²) in [5, 5.41) is 0. The van der Waals surface area contributed by atoms with Crippen molar-refractivity contribution in [2.75, 3.05) is 20.2 Å². The number of thiophene rings is 1. The van der Waals surface area contributed by atoms with Crippen molar-refractivity contribution >= 4 is 23.2 Å². The second-order valence-electron chi connectivity index (χ2n) is 3.72. The van der Waals surface area contributed by atoms with Crippen LogP contribution in [0.2, 0.25) is 0 Å². The highest BCUT2D eigenvalue weighted by molar-refractivity contribution is 7.12. The number of likely N-dealkylation sites (N-methyl/N-ethyl adjacent to an activating group) is 1. The topological polar surface area (TPSA) is 46.6 Å². The van der Waals surface area contributed by atoms with Crippen molar-refractivity contribution in [1.82, 2.24) is 4.90 Å². The highest BCUT2D eigenvalue weighted by Crippen LogP contribution is 2.21. The predicted octanol–water partition coefficient (Wildman–Crippen LogP) is 2.00. The molecule has 17 heavy (non-hydrogen) atoms. The molecule has 0 N–H and O–H groups in total. The molecule has 0 saturated heterocycles. The molecular weight excluding hydrogens is 238 g/mol. The normalized spacial score (nSPS) is 10.1. The highest BCUT2D eigenvalue weighted by Gasteiger charge is 2.20. The van der Waals surface area contributed by atoms with Crippen LogP contribution >= 0.6 is 11.3 Å². The Morgan fingerprint density at radius 2 is 2.06 bits per heavy atom. The number of hydrogen-bond acceptors (Lipinski definition) is 4. The first-order valence-corrected chi connectivity index (χ1v) is 6.24. The Bertz CT molecular complexity index is 425. The molecule has 0 bridgehead atoms. The Morgan fingerprint density at radius 3 is 2.47 bits per heavy atom. The molecule has 0 aliphatic rings. The van der Waals surface area contributed by atoms with Gasteiger partial charge in [0.1, 0.15) is 6.54 Å². The van der Waals surface area contributed by atoms with Crippen molar-refractivity contribution < 1.29 is 14.3 Å². The first kappa shape index (κ1) is 13.7. The number of rotatable bonds is 4. The first-order valence-electron chi connectivity index (χ1n) is 5.42. The second kappa shape index (κ2) is 5.82. The molecule has 0 unspecified atom stereocenters. The first-order chi connectivity index (χ1) is 7.99. The van der Waals surface area contributed by atoms with Gasteiger partial charge in [0, 0.05) is 16.3 Å². The van der Waals surface area contributed by atoms with Gasteiger partial charge >= 0.3 is 5.97 Å². The van der Waals surface area contributed by atoms with Crippen LogP contribution in [0, 0.1) is 13.8 Å². The number of carbonyl (C=O) groups excluding carboxylic acids is 2. The number of esters is 1. The average molecular weight is 255 g/mol. The fraction of sp³-hybridized carbons (Fsp3) is 0.500. The van der Waals surface area contributed by atoms with Crippen LogP contribution in [0.25, 0.3) is 0 Å². The molecule has 0 saturated carbocycles. The van der Waals surface area contributed by atoms with Gasteiger partial charge in [0.15, 0.2) is 0 Å². The number of amides is 1. The summed E-state index contributed by atoms with van der Waals surface area (Å²) in [6.45, 7) is 6.21. The maximum atomic E-state index is 12.2. The van der Waals surface area contributed by atoms with E-state index in [0.717, 1.165) is 9.75 Å². The maximum Gasteiger partial charge on any atom is 0.325 e. The van der Waals surface area contributed by atoms with Crippen molar-refractivity contribution in [3.05, 3.63) is 21.4 Å². The van der Waals surface area contributed by atoms with Crippen molar-refractivity contribution in [3.63, 3.8) is 0 Å². The van der Waals surface area contributed by atoms with Gasteiger partial charge < -0.3 is 9.64 Å². The molecule has 1 rings (SSSR count). The van der Waals surface area contributed by atoms with E-state index >= 15 is 0 Å². The molecule has 1 aromatic heterocycles. The number of aryl methyl sites for hydroxylation is 2. The van der Waals surface area contributed by atoms with E-state index in [2.05, 4.69) is 4.74 Å². The quantitative estimate of drug-likeness (QED) is 0.773. The van der Waals surface area contributed by atoms with E-state index in [1.54, 1.807) is 11.3 Å². The minimum Gasteiger partial charge on any atom is -0.468 e. The molecule has 1 amide bonds. The van der Waals surface area contributed by atoms with Crippen molar-refractivity contribution in [1.29, 1.82) is 0 Å². The van der Waals surface area contributed by atoms with Crippen LogP contribution in [0.15, 0.2) is 6.07 Å². The van der Waals surface area contributed by atoms with Gasteiger partial charge in [-0.1, -0.05) is 0 Å². The van der Waals surface area contributed by atoms with Crippen LogP contribution in [0.4, 0.5) is 0 Å². The fourth-order valence-electron chi connectivity index (χ4n) is 1.56. The zero-order valence-corrected chi connectivity index (χ0v) is 11.4. The number of nitrogens with zero attached hydrogens (tertiary/aromatic N) is 1. The molecule has 5 heteroatoms. The van der Waals surface area contributed by atoms with Gasteiger partial charge in [-0.25, -0.2) is 0 Å². The van der Waals surface area contributed by atoms with Crippen LogP contribution < -0.4 is 0 Å². The summed E-state index contributed by atoms with van der Waals surface area (Å²) in [5.74, 6) is -0.510. The Labute approximate surface area is 105 Å². The molecule has 0 spiro atoms. The summed E-state index contributed by atoms with van der Waals surface area (Å²) < 4.78 is 4.57. The summed E-state index contributed by atoms with van der Waals surface area (Å²) in [6, 6.07) is 1.86. The van der Waals surface area contributed by atoms with E-state index in [0.29, 0.717) is 12.1 Å². The Hall–Kier alpha value is -1.36. The zero-order valence-electron chi connectivity index (χ0n) is 10.6. The number of ether oxygens (including phenoxy) is 1. The Balaban J connectivity index is 2.86. The SMILES string of the molecule is CCN(CC(=O)OC)C(=O)c1cc(C)sc1C. The third-order valence-electron chi connectivity index (χ3n) is 2.49. The molecule has 0 aromatic carbocycles. The lowest BCUT2D eigenvalue weighted by atomic mass is 10.2. The van der Waals surface area contributed by atoms with E-state index in [9.17, 15) is 9.59 Å². The lowest BCUT2D eigenvalue weighted by molar-refractivity contribution is -0.141. The minimum absolute atomic E-state index is 0.000166. The standard InChI is InChI=1S/C12H17NO3S/c1-5-13(7-11(14)16-4)12(15)10-6-8(2)17-9(10)3/h6H,5,7H2,1-4H3. The lowest BCUT2D eigenvalue weighted by Gasteiger charge is -2.19. The summed E-state index contributed by atoms with van der Waals surface area (Å²) >= 11 is 1.59. The third-order valence-corrected chi connectivity index (χ3v) is 3.45. The smallest absolute Gasteiger partial charge is 0.325 e. The average Bonchev–Trinajstić information content (AvgIpc) is 2.64. The van der Waals surface area contributed by atoms with E-state index in [1.165, 1.54) is 12.0 Å². The molecule has 1 heterocycles. The fourth-order valence-corrected chi connectivity index (χ4v) is 2.48. The summed E-state index contributed by atoms with van der Waals surface area (Å²) in [5.41, 5.74) is 0.679. The number of carbonyl (C=O) groups is 2. The van der Waals surface area contributed by atoms with Crippen molar-refractivity contribution in [2.45, 2.75) is 20.8 Å². The van der Waals surface area contributed by atoms with Crippen molar-refractivity contribution in [2.24, 2.45) is 0 Å². The Morgan fingerprint density at radius 1 is 1.41 bits per heavy atom. The molecule has 4 nitrogen and oxygen atoms in total. The van der Waals surface area contributed by atoms with E-state index < -0.39 is 5.97 Å².